The molecular weight excluding hydrogens is 280 g/mol. The summed E-state index contributed by atoms with van der Waals surface area (Å²) in [6.45, 7) is 0.658. The number of hydrogen-bond acceptors (Lipinski definition) is 5. The van der Waals surface area contributed by atoms with Crippen LogP contribution >= 0.6 is 0 Å². The first-order valence-corrected chi connectivity index (χ1v) is 7.51. The predicted octanol–water partition coefficient (Wildman–Crippen LogP) is 2.07. The Kier molecular flexibility index (Phi) is 3.21. The molecule has 0 saturated heterocycles. The quantitative estimate of drug-likeness (QED) is 0.874. The number of nitrogens with zero attached hydrogens (tertiary/aromatic N) is 3. The zero-order chi connectivity index (χ0) is 14.9. The van der Waals surface area contributed by atoms with Crippen LogP contribution in [0.25, 0.3) is 11.5 Å². The molecule has 0 radical (unpaired) electrons. The third-order valence-electron chi connectivity index (χ3n) is 4.46. The van der Waals surface area contributed by atoms with Crippen molar-refractivity contribution in [3.05, 3.63) is 42.4 Å². The molecule has 22 heavy (non-hydrogen) atoms. The summed E-state index contributed by atoms with van der Waals surface area (Å²) < 4.78 is 5.03. The fourth-order valence-electron chi connectivity index (χ4n) is 3.34. The van der Waals surface area contributed by atoms with E-state index in [1.54, 1.807) is 18.3 Å². The molecule has 112 valence electrons. The summed E-state index contributed by atoms with van der Waals surface area (Å²) in [5.74, 6) is 1.83. The number of amides is 1. The highest BCUT2D eigenvalue weighted by Crippen LogP contribution is 2.42. The summed E-state index contributed by atoms with van der Waals surface area (Å²) in [5.41, 5.74) is 0.587. The molecule has 0 aromatic carbocycles. The first kappa shape index (κ1) is 13.2. The Morgan fingerprint density at radius 2 is 2.27 bits per heavy atom. The van der Waals surface area contributed by atoms with E-state index in [2.05, 4.69) is 32.6 Å². The van der Waals surface area contributed by atoms with Gasteiger partial charge in [0.25, 0.3) is 0 Å². The fraction of sp³-hybridized carbons (Fsp3) is 0.375. The summed E-state index contributed by atoms with van der Waals surface area (Å²) in [6.07, 6.45) is 8.60. The van der Waals surface area contributed by atoms with Gasteiger partial charge in [-0.05, 0) is 42.7 Å². The second-order valence-corrected chi connectivity index (χ2v) is 5.89. The van der Waals surface area contributed by atoms with Gasteiger partial charge in [-0.15, -0.1) is 0 Å². The average molecular weight is 296 g/mol. The lowest BCUT2D eigenvalue weighted by molar-refractivity contribution is 0.0901. The number of carbonyl (C=O) groups is 1. The van der Waals surface area contributed by atoms with Crippen molar-refractivity contribution in [2.75, 3.05) is 6.54 Å². The number of pyridine rings is 1. The number of rotatable bonds is 4. The zero-order valence-electron chi connectivity index (χ0n) is 12.0. The number of hydrogen-bond donors (Lipinski definition) is 1. The number of carbonyl (C=O) groups excluding carboxylic acids is 1. The molecule has 1 saturated carbocycles. The molecule has 0 spiro atoms. The Hall–Kier alpha value is -2.50. The molecular formula is C16H16N4O2. The van der Waals surface area contributed by atoms with E-state index >= 15 is 0 Å². The van der Waals surface area contributed by atoms with Crippen LogP contribution in [0.5, 0.6) is 0 Å². The summed E-state index contributed by atoms with van der Waals surface area (Å²) in [7, 11) is 0. The molecule has 1 amide bonds. The van der Waals surface area contributed by atoms with Gasteiger partial charge in [0.05, 0.1) is 0 Å². The van der Waals surface area contributed by atoms with Gasteiger partial charge < -0.3 is 9.84 Å². The van der Waals surface area contributed by atoms with Crippen LogP contribution in [0.2, 0.25) is 0 Å². The number of nitrogens with one attached hydrogen (secondary N) is 1. The minimum Gasteiger partial charge on any atom is -0.348 e. The maximum Gasteiger partial charge on any atom is 0.316 e. The summed E-state index contributed by atoms with van der Waals surface area (Å²) in [6, 6.07) is 5.41. The van der Waals surface area contributed by atoms with Crippen molar-refractivity contribution in [3.8, 4) is 11.5 Å². The van der Waals surface area contributed by atoms with Gasteiger partial charge in [-0.2, -0.15) is 4.98 Å². The molecule has 6 nitrogen and oxygen atoms in total. The molecule has 1 fully saturated rings. The number of fused-ring (bicyclic) bond motifs is 2. The third kappa shape index (κ3) is 2.41. The van der Waals surface area contributed by atoms with Crippen LogP contribution in [0.1, 0.15) is 23.5 Å². The maximum absolute atomic E-state index is 12.1. The van der Waals surface area contributed by atoms with Crippen LogP contribution < -0.4 is 5.32 Å². The smallest absolute Gasteiger partial charge is 0.316 e. The molecule has 2 bridgehead atoms. The monoisotopic (exact) mass is 296 g/mol. The van der Waals surface area contributed by atoms with Crippen molar-refractivity contribution in [3.63, 3.8) is 0 Å². The lowest BCUT2D eigenvalue weighted by Gasteiger charge is -2.17. The van der Waals surface area contributed by atoms with Crippen molar-refractivity contribution in [1.29, 1.82) is 0 Å². The fourth-order valence-corrected chi connectivity index (χ4v) is 3.34. The van der Waals surface area contributed by atoms with Gasteiger partial charge in [0.15, 0.2) is 0 Å². The van der Waals surface area contributed by atoms with Crippen molar-refractivity contribution in [1.82, 2.24) is 20.4 Å². The largest absolute Gasteiger partial charge is 0.348 e. The summed E-state index contributed by atoms with van der Waals surface area (Å²) >= 11 is 0. The highest BCUT2D eigenvalue weighted by molar-refractivity contribution is 5.89. The Labute approximate surface area is 127 Å². The van der Waals surface area contributed by atoms with Gasteiger partial charge >= 0.3 is 11.8 Å². The van der Waals surface area contributed by atoms with E-state index in [0.717, 1.165) is 6.42 Å². The second kappa shape index (κ2) is 5.36. The molecule has 0 aliphatic heterocycles. The van der Waals surface area contributed by atoms with E-state index in [1.165, 1.54) is 6.42 Å². The highest BCUT2D eigenvalue weighted by Gasteiger charge is 2.35. The van der Waals surface area contributed by atoms with Crippen LogP contribution in [0.3, 0.4) is 0 Å². The average Bonchev–Trinajstić information content (AvgIpc) is 3.29. The van der Waals surface area contributed by atoms with Gasteiger partial charge in [-0.3, -0.25) is 9.78 Å². The van der Waals surface area contributed by atoms with E-state index in [4.69, 9.17) is 4.52 Å². The molecule has 2 aromatic rings. The van der Waals surface area contributed by atoms with Crippen molar-refractivity contribution in [2.45, 2.75) is 12.8 Å². The van der Waals surface area contributed by atoms with Crippen molar-refractivity contribution in [2.24, 2.45) is 17.8 Å². The summed E-state index contributed by atoms with van der Waals surface area (Å²) in [5, 5.41) is 6.71. The van der Waals surface area contributed by atoms with E-state index < -0.39 is 0 Å². The number of allylic oxidation sites excluding steroid dienone is 2. The SMILES string of the molecule is O=C(NC[C@H]1C[C@H]2C=C[C@H]1C2)c1nc(-c2ccccn2)no1. The highest BCUT2D eigenvalue weighted by atomic mass is 16.5. The van der Waals surface area contributed by atoms with Crippen molar-refractivity contribution < 1.29 is 9.32 Å². The molecule has 2 aromatic heterocycles. The van der Waals surface area contributed by atoms with Crippen LogP contribution in [-0.4, -0.2) is 27.6 Å². The third-order valence-corrected chi connectivity index (χ3v) is 4.46. The predicted molar refractivity (Wildman–Crippen MR) is 78.7 cm³/mol. The Morgan fingerprint density at radius 1 is 1.32 bits per heavy atom. The lowest BCUT2D eigenvalue weighted by atomic mass is 9.94. The van der Waals surface area contributed by atoms with Crippen LogP contribution in [0, 0.1) is 17.8 Å². The van der Waals surface area contributed by atoms with E-state index in [0.29, 0.717) is 35.8 Å². The number of aromatic nitrogens is 3. The molecule has 2 aliphatic carbocycles. The molecule has 2 heterocycles. The van der Waals surface area contributed by atoms with E-state index in [1.807, 2.05) is 6.07 Å². The maximum atomic E-state index is 12.1. The van der Waals surface area contributed by atoms with E-state index in [9.17, 15) is 4.79 Å². The minimum atomic E-state index is -0.318. The topological polar surface area (TPSA) is 80.9 Å². The normalized spacial score (nSPS) is 25.5. The molecule has 3 atom stereocenters. The molecule has 1 N–H and O–H groups in total. The zero-order valence-corrected chi connectivity index (χ0v) is 12.0. The first-order valence-electron chi connectivity index (χ1n) is 7.51. The van der Waals surface area contributed by atoms with Crippen LogP contribution in [-0.2, 0) is 0 Å². The van der Waals surface area contributed by atoms with Gasteiger partial charge in [0.1, 0.15) is 5.69 Å². The van der Waals surface area contributed by atoms with Crippen molar-refractivity contribution >= 4 is 5.91 Å². The second-order valence-electron chi connectivity index (χ2n) is 5.89. The molecule has 2 aliphatic rings. The standard InChI is InChI=1S/C16H16N4O2/c21-15(18-9-12-8-10-4-5-11(12)7-10)16-19-14(20-22-16)13-3-1-2-6-17-13/h1-6,10-12H,7-9H2,(H,18,21)/t10-,11-,12+/m0/s1. The van der Waals surface area contributed by atoms with Crippen LogP contribution in [0.15, 0.2) is 41.1 Å². The van der Waals surface area contributed by atoms with Gasteiger partial charge in [-0.1, -0.05) is 23.4 Å². The first-order chi connectivity index (χ1) is 10.8. The Bertz CT molecular complexity index is 710. The Morgan fingerprint density at radius 3 is 3.00 bits per heavy atom. The summed E-state index contributed by atoms with van der Waals surface area (Å²) in [4.78, 5) is 20.3. The molecule has 4 rings (SSSR count). The lowest BCUT2D eigenvalue weighted by Crippen LogP contribution is -2.31. The van der Waals surface area contributed by atoms with Gasteiger partial charge in [0, 0.05) is 12.7 Å². The minimum absolute atomic E-state index is 0.0145. The Balaban J connectivity index is 1.39. The van der Waals surface area contributed by atoms with E-state index in [-0.39, 0.29) is 11.8 Å². The van der Waals surface area contributed by atoms with Gasteiger partial charge in [-0.25, -0.2) is 0 Å². The van der Waals surface area contributed by atoms with Crippen LogP contribution in [0.4, 0.5) is 0 Å². The molecule has 6 heteroatoms. The molecule has 0 unspecified atom stereocenters. The van der Waals surface area contributed by atoms with Gasteiger partial charge in [0.2, 0.25) is 5.82 Å².